The summed E-state index contributed by atoms with van der Waals surface area (Å²) in [5.41, 5.74) is 3.53. The first-order valence-corrected chi connectivity index (χ1v) is 8.48. The van der Waals surface area contributed by atoms with Crippen LogP contribution in [0.1, 0.15) is 0 Å². The first kappa shape index (κ1) is 14.7. The number of rotatable bonds is 3. The van der Waals surface area contributed by atoms with Gasteiger partial charge in [-0.1, -0.05) is 72.8 Å². The maximum atomic E-state index is 11.6. The molecule has 3 aromatic carbocycles. The molecule has 110 valence electrons. The largest absolute Gasteiger partial charge is 0.356 e. The second kappa shape index (κ2) is 5.90. The molecule has 0 fully saturated rings. The molecule has 0 amide bonds. The Kier molecular flexibility index (Phi) is 3.95. The van der Waals surface area contributed by atoms with E-state index in [4.69, 9.17) is 0 Å². The molecule has 0 aliphatic heterocycles. The van der Waals surface area contributed by atoms with E-state index in [1.807, 2.05) is 54.6 Å². The van der Waals surface area contributed by atoms with Crippen LogP contribution in [0.2, 0.25) is 0 Å². The van der Waals surface area contributed by atoms with Crippen molar-refractivity contribution in [2.24, 2.45) is 0 Å². The van der Waals surface area contributed by atoms with Crippen molar-refractivity contribution in [3.8, 4) is 22.3 Å². The van der Waals surface area contributed by atoms with Crippen LogP contribution in [-0.2, 0) is 4.57 Å². The highest BCUT2D eigenvalue weighted by Gasteiger charge is 2.21. The normalized spacial score (nSPS) is 11.4. The van der Waals surface area contributed by atoms with Crippen LogP contribution in [0.25, 0.3) is 22.3 Å². The Morgan fingerprint density at radius 2 is 1.09 bits per heavy atom. The summed E-state index contributed by atoms with van der Waals surface area (Å²) in [5.74, 6) is 0. The zero-order chi connectivity index (χ0) is 15.6. The van der Waals surface area contributed by atoms with Crippen LogP contribution < -0.4 is 5.30 Å². The van der Waals surface area contributed by atoms with Gasteiger partial charge in [-0.2, -0.15) is 0 Å². The summed E-state index contributed by atoms with van der Waals surface area (Å²) in [6.45, 7) is 0. The zero-order valence-corrected chi connectivity index (χ0v) is 12.6. The van der Waals surface area contributed by atoms with E-state index in [0.717, 1.165) is 16.7 Å². The second-order valence-corrected chi connectivity index (χ2v) is 6.57. The van der Waals surface area contributed by atoms with Crippen molar-refractivity contribution in [1.82, 2.24) is 0 Å². The third-order valence-electron chi connectivity index (χ3n) is 3.52. The highest BCUT2D eigenvalue weighted by Crippen LogP contribution is 2.38. The van der Waals surface area contributed by atoms with Crippen molar-refractivity contribution >= 4 is 12.9 Å². The third-order valence-corrected chi connectivity index (χ3v) is 4.54. The van der Waals surface area contributed by atoms with Gasteiger partial charge in [0.15, 0.2) is 0 Å². The summed E-state index contributed by atoms with van der Waals surface area (Å²) < 4.78 is 11.6. The molecular weight excluding hydrogens is 295 g/mol. The standard InChI is InChI=1S/C18H15O3P/c19-22(20,21)18-9-5-4-8-17(18)16-12-10-15(11-13-16)14-6-2-1-3-7-14/h1-13H,(H2,19,20,21). The maximum absolute atomic E-state index is 11.6. The fourth-order valence-corrected chi connectivity index (χ4v) is 3.24. The average Bonchev–Trinajstić information content (AvgIpc) is 2.55. The van der Waals surface area contributed by atoms with Crippen LogP contribution in [0.4, 0.5) is 0 Å². The fourth-order valence-electron chi connectivity index (χ4n) is 2.44. The predicted molar refractivity (Wildman–Crippen MR) is 89.0 cm³/mol. The summed E-state index contributed by atoms with van der Waals surface area (Å²) in [6.07, 6.45) is 0. The SMILES string of the molecule is O=P(O)(O)c1ccccc1-c1ccc(-c2ccccc2)cc1. The van der Waals surface area contributed by atoms with Gasteiger partial charge in [-0.15, -0.1) is 0 Å². The minimum Gasteiger partial charge on any atom is -0.321 e. The van der Waals surface area contributed by atoms with E-state index in [9.17, 15) is 14.4 Å². The van der Waals surface area contributed by atoms with Crippen LogP contribution in [0.5, 0.6) is 0 Å². The molecule has 0 heterocycles. The van der Waals surface area contributed by atoms with Crippen molar-refractivity contribution in [3.05, 3.63) is 78.9 Å². The van der Waals surface area contributed by atoms with Gasteiger partial charge in [-0.25, -0.2) is 0 Å². The van der Waals surface area contributed by atoms with E-state index in [0.29, 0.717) is 5.56 Å². The molecule has 3 aromatic rings. The van der Waals surface area contributed by atoms with Gasteiger partial charge in [-0.05, 0) is 28.3 Å². The summed E-state index contributed by atoms with van der Waals surface area (Å²) in [7, 11) is -4.29. The lowest BCUT2D eigenvalue weighted by molar-refractivity contribution is 0.387. The number of hydrogen-bond donors (Lipinski definition) is 2. The van der Waals surface area contributed by atoms with Crippen molar-refractivity contribution in [3.63, 3.8) is 0 Å². The molecule has 4 heteroatoms. The van der Waals surface area contributed by atoms with E-state index in [2.05, 4.69) is 0 Å². The van der Waals surface area contributed by atoms with Gasteiger partial charge >= 0.3 is 7.60 Å². The lowest BCUT2D eigenvalue weighted by atomic mass is 10.0. The van der Waals surface area contributed by atoms with Gasteiger partial charge in [0.05, 0.1) is 5.30 Å². The Balaban J connectivity index is 2.03. The lowest BCUT2D eigenvalue weighted by Crippen LogP contribution is -2.07. The molecule has 0 radical (unpaired) electrons. The first-order chi connectivity index (χ1) is 10.6. The molecule has 0 aliphatic rings. The zero-order valence-electron chi connectivity index (χ0n) is 11.8. The van der Waals surface area contributed by atoms with E-state index < -0.39 is 7.60 Å². The topological polar surface area (TPSA) is 57.5 Å². The molecule has 3 nitrogen and oxygen atoms in total. The molecule has 0 spiro atoms. The summed E-state index contributed by atoms with van der Waals surface area (Å²) in [4.78, 5) is 18.9. The molecule has 0 atom stereocenters. The van der Waals surface area contributed by atoms with Crippen LogP contribution in [0.3, 0.4) is 0 Å². The van der Waals surface area contributed by atoms with Gasteiger partial charge in [0.25, 0.3) is 0 Å². The van der Waals surface area contributed by atoms with Crippen LogP contribution in [0.15, 0.2) is 78.9 Å². The van der Waals surface area contributed by atoms with Gasteiger partial charge in [0.1, 0.15) is 0 Å². The van der Waals surface area contributed by atoms with Gasteiger partial charge in [0, 0.05) is 0 Å². The van der Waals surface area contributed by atoms with Crippen molar-refractivity contribution < 1.29 is 14.4 Å². The van der Waals surface area contributed by atoms with Crippen molar-refractivity contribution in [2.75, 3.05) is 0 Å². The molecule has 0 unspecified atom stereocenters. The maximum Gasteiger partial charge on any atom is 0.356 e. The second-order valence-electron chi connectivity index (χ2n) is 5.00. The van der Waals surface area contributed by atoms with Gasteiger partial charge < -0.3 is 9.79 Å². The van der Waals surface area contributed by atoms with Crippen LogP contribution >= 0.6 is 7.60 Å². The molecule has 0 aromatic heterocycles. The lowest BCUT2D eigenvalue weighted by Gasteiger charge is -2.11. The van der Waals surface area contributed by atoms with Crippen LogP contribution in [-0.4, -0.2) is 9.79 Å². The Morgan fingerprint density at radius 1 is 0.591 bits per heavy atom. The Morgan fingerprint density at radius 3 is 1.73 bits per heavy atom. The smallest absolute Gasteiger partial charge is 0.321 e. The summed E-state index contributed by atoms with van der Waals surface area (Å²) >= 11 is 0. The third kappa shape index (κ3) is 3.02. The van der Waals surface area contributed by atoms with E-state index in [1.165, 1.54) is 6.07 Å². The summed E-state index contributed by atoms with van der Waals surface area (Å²) in [5, 5.41) is 0.0578. The van der Waals surface area contributed by atoms with Crippen molar-refractivity contribution in [2.45, 2.75) is 0 Å². The summed E-state index contributed by atoms with van der Waals surface area (Å²) in [6, 6.07) is 24.3. The molecule has 22 heavy (non-hydrogen) atoms. The molecule has 0 bridgehead atoms. The van der Waals surface area contributed by atoms with E-state index in [-0.39, 0.29) is 5.30 Å². The first-order valence-electron chi connectivity index (χ1n) is 6.87. The Hall–Kier alpha value is -2.19. The minimum absolute atomic E-state index is 0.0578. The van der Waals surface area contributed by atoms with E-state index >= 15 is 0 Å². The quantitative estimate of drug-likeness (QED) is 0.723. The predicted octanol–water partition coefficient (Wildman–Crippen LogP) is 3.82. The van der Waals surface area contributed by atoms with Gasteiger partial charge in [-0.3, -0.25) is 4.57 Å². The minimum atomic E-state index is -4.29. The fraction of sp³-hybridized carbons (Fsp3) is 0. The molecule has 0 saturated carbocycles. The molecular formula is C18H15O3P. The number of benzene rings is 3. The Labute approximate surface area is 129 Å². The number of hydrogen-bond acceptors (Lipinski definition) is 1. The average molecular weight is 310 g/mol. The Bertz CT molecular complexity index is 820. The van der Waals surface area contributed by atoms with E-state index in [1.54, 1.807) is 18.2 Å². The van der Waals surface area contributed by atoms with Crippen molar-refractivity contribution in [1.29, 1.82) is 0 Å². The molecule has 0 aliphatic carbocycles. The molecule has 2 N–H and O–H groups in total. The van der Waals surface area contributed by atoms with Crippen LogP contribution in [0, 0.1) is 0 Å². The van der Waals surface area contributed by atoms with Gasteiger partial charge in [0.2, 0.25) is 0 Å². The monoisotopic (exact) mass is 310 g/mol. The molecule has 3 rings (SSSR count). The molecule has 0 saturated heterocycles. The highest BCUT2D eigenvalue weighted by atomic mass is 31.2. The highest BCUT2D eigenvalue weighted by molar-refractivity contribution is 7.60.